The molecule has 0 bridgehead atoms. The molecule has 0 spiro atoms. The van der Waals surface area contributed by atoms with Crippen molar-refractivity contribution in [1.82, 2.24) is 19.9 Å². The number of benzene rings is 1. The van der Waals surface area contributed by atoms with Crippen LogP contribution in [-0.2, 0) is 4.79 Å². The Bertz CT molecular complexity index is 944. The van der Waals surface area contributed by atoms with Gasteiger partial charge < -0.3 is 25.5 Å². The van der Waals surface area contributed by atoms with Gasteiger partial charge in [-0.2, -0.15) is 4.98 Å². The van der Waals surface area contributed by atoms with Crippen LogP contribution in [0.15, 0.2) is 29.6 Å². The van der Waals surface area contributed by atoms with Gasteiger partial charge in [0, 0.05) is 11.8 Å². The highest BCUT2D eigenvalue weighted by Crippen LogP contribution is 2.32. The van der Waals surface area contributed by atoms with Crippen molar-refractivity contribution in [3.63, 3.8) is 0 Å². The molecule has 0 saturated heterocycles. The molecule has 3 aromatic rings. The quantitative estimate of drug-likeness (QED) is 0.472. The van der Waals surface area contributed by atoms with Crippen molar-refractivity contribution in [2.45, 2.75) is 5.03 Å². The minimum atomic E-state index is -0.175. The number of amides is 1. The Kier molecular flexibility index (Phi) is 4.02. The van der Waals surface area contributed by atoms with Crippen molar-refractivity contribution in [3.8, 4) is 11.5 Å². The second-order valence-electron chi connectivity index (χ2n) is 5.18. The maximum absolute atomic E-state index is 12.2. The molecule has 9 nitrogen and oxygen atoms in total. The molecule has 4 rings (SSSR count). The molecule has 3 heterocycles. The Morgan fingerprint density at radius 1 is 1.28 bits per heavy atom. The molecule has 2 aromatic heterocycles. The van der Waals surface area contributed by atoms with Crippen LogP contribution in [-0.4, -0.2) is 44.8 Å². The zero-order chi connectivity index (χ0) is 17.2. The summed E-state index contributed by atoms with van der Waals surface area (Å²) in [5.41, 5.74) is 7.44. The molecule has 1 aliphatic heterocycles. The fraction of sp³-hybridized carbons (Fsp3) is 0.200. The average Bonchev–Trinajstić information content (AvgIpc) is 3.08. The van der Waals surface area contributed by atoms with E-state index in [0.717, 1.165) is 0 Å². The van der Waals surface area contributed by atoms with Crippen LogP contribution in [0.25, 0.3) is 11.2 Å². The van der Waals surface area contributed by atoms with Gasteiger partial charge in [-0.05, 0) is 12.1 Å². The molecule has 0 radical (unpaired) electrons. The van der Waals surface area contributed by atoms with Gasteiger partial charge in [-0.3, -0.25) is 4.79 Å². The normalized spacial score (nSPS) is 13.0. The number of aromatic nitrogens is 4. The van der Waals surface area contributed by atoms with Crippen LogP contribution in [0.4, 0.5) is 11.6 Å². The summed E-state index contributed by atoms with van der Waals surface area (Å²) in [5, 5.41) is 3.40. The second kappa shape index (κ2) is 6.48. The molecule has 1 aromatic carbocycles. The summed E-state index contributed by atoms with van der Waals surface area (Å²) in [6, 6.07) is 5.29. The monoisotopic (exact) mass is 358 g/mol. The summed E-state index contributed by atoms with van der Waals surface area (Å²) in [6.45, 7) is 1.02. The predicted octanol–water partition coefficient (Wildman–Crippen LogP) is 1.44. The Balaban J connectivity index is 1.43. The molecule has 1 amide bonds. The molecule has 0 atom stereocenters. The number of nitrogens with two attached hydrogens (primary N) is 1. The number of fused-ring (bicyclic) bond motifs is 2. The summed E-state index contributed by atoms with van der Waals surface area (Å²) in [7, 11) is 0. The van der Waals surface area contributed by atoms with Crippen molar-refractivity contribution >= 4 is 40.5 Å². The minimum absolute atomic E-state index is 0.120. The van der Waals surface area contributed by atoms with Crippen molar-refractivity contribution in [3.05, 3.63) is 24.5 Å². The number of carbonyl (C=O) groups is 1. The van der Waals surface area contributed by atoms with E-state index < -0.39 is 0 Å². The van der Waals surface area contributed by atoms with Gasteiger partial charge in [-0.25, -0.2) is 9.97 Å². The zero-order valence-corrected chi connectivity index (χ0v) is 13.8. The Labute approximate surface area is 146 Å². The van der Waals surface area contributed by atoms with E-state index in [4.69, 9.17) is 15.2 Å². The fourth-order valence-corrected chi connectivity index (χ4v) is 3.17. The first kappa shape index (κ1) is 15.5. The Hall–Kier alpha value is -3.01. The number of aromatic amines is 1. The number of imidazole rings is 1. The number of hydrogen-bond donors (Lipinski definition) is 3. The molecule has 25 heavy (non-hydrogen) atoms. The van der Waals surface area contributed by atoms with Crippen LogP contribution in [0.2, 0.25) is 0 Å². The summed E-state index contributed by atoms with van der Waals surface area (Å²) in [5.74, 6) is 1.41. The number of H-pyrrole nitrogens is 1. The van der Waals surface area contributed by atoms with E-state index >= 15 is 0 Å². The number of anilines is 2. The lowest BCUT2D eigenvalue weighted by molar-refractivity contribution is -0.113. The van der Waals surface area contributed by atoms with Crippen molar-refractivity contribution < 1.29 is 14.3 Å². The van der Waals surface area contributed by atoms with E-state index in [-0.39, 0.29) is 17.6 Å². The molecule has 10 heteroatoms. The average molecular weight is 358 g/mol. The third kappa shape index (κ3) is 3.29. The molecule has 4 N–H and O–H groups in total. The number of carbonyl (C=O) groups excluding carboxylic acids is 1. The van der Waals surface area contributed by atoms with E-state index in [1.807, 2.05) is 0 Å². The van der Waals surface area contributed by atoms with Gasteiger partial charge in [0.2, 0.25) is 11.9 Å². The van der Waals surface area contributed by atoms with Gasteiger partial charge in [-0.15, -0.1) is 0 Å². The van der Waals surface area contributed by atoms with Crippen LogP contribution in [0.5, 0.6) is 11.5 Å². The summed E-state index contributed by atoms with van der Waals surface area (Å²) in [4.78, 5) is 27.4. The standard InChI is InChI=1S/C15H14N6O3S/c16-15-20-13-12(17-7-18-13)14(21-15)25-6-11(22)19-8-1-2-9-10(5-8)24-4-3-23-9/h1-2,5,7H,3-4,6H2,(H,19,22)(H3,16,17,18,20,21). The molecule has 128 valence electrons. The van der Waals surface area contributed by atoms with Gasteiger partial charge >= 0.3 is 0 Å². The van der Waals surface area contributed by atoms with Gasteiger partial charge in [0.05, 0.1) is 12.1 Å². The van der Waals surface area contributed by atoms with Gasteiger partial charge in [0.15, 0.2) is 17.1 Å². The Morgan fingerprint density at radius 2 is 2.12 bits per heavy atom. The molecular weight excluding hydrogens is 344 g/mol. The largest absolute Gasteiger partial charge is 0.486 e. The molecule has 1 aliphatic rings. The van der Waals surface area contributed by atoms with Crippen LogP contribution >= 0.6 is 11.8 Å². The van der Waals surface area contributed by atoms with Crippen molar-refractivity contribution in [1.29, 1.82) is 0 Å². The molecule has 0 fully saturated rings. The molecule has 0 unspecified atom stereocenters. The molecule has 0 saturated carbocycles. The third-order valence-corrected chi connectivity index (χ3v) is 4.41. The number of hydrogen-bond acceptors (Lipinski definition) is 8. The number of nitrogens with one attached hydrogen (secondary N) is 2. The second-order valence-corrected chi connectivity index (χ2v) is 6.15. The lowest BCUT2D eigenvalue weighted by Crippen LogP contribution is -2.17. The van der Waals surface area contributed by atoms with Crippen molar-refractivity contribution in [2.24, 2.45) is 0 Å². The van der Waals surface area contributed by atoms with Gasteiger partial charge in [0.1, 0.15) is 23.8 Å². The van der Waals surface area contributed by atoms with Crippen LogP contribution in [0.3, 0.4) is 0 Å². The number of ether oxygens (including phenoxy) is 2. The highest BCUT2D eigenvalue weighted by molar-refractivity contribution is 8.00. The SMILES string of the molecule is Nc1nc(SCC(=O)Nc2ccc3c(c2)OCCO3)c2[nH]cnc2n1. The third-order valence-electron chi connectivity index (χ3n) is 3.44. The number of thioether (sulfide) groups is 1. The summed E-state index contributed by atoms with van der Waals surface area (Å²) in [6.07, 6.45) is 1.51. The lowest BCUT2D eigenvalue weighted by atomic mass is 10.2. The van der Waals surface area contributed by atoms with Crippen LogP contribution in [0.1, 0.15) is 0 Å². The van der Waals surface area contributed by atoms with Gasteiger partial charge in [0.25, 0.3) is 0 Å². The Morgan fingerprint density at radius 3 is 3.00 bits per heavy atom. The number of nitrogens with zero attached hydrogens (tertiary/aromatic N) is 3. The predicted molar refractivity (Wildman–Crippen MR) is 92.9 cm³/mol. The fourth-order valence-electron chi connectivity index (χ4n) is 2.38. The van der Waals surface area contributed by atoms with Crippen molar-refractivity contribution in [2.75, 3.05) is 30.0 Å². The maximum atomic E-state index is 12.2. The summed E-state index contributed by atoms with van der Waals surface area (Å²) >= 11 is 1.25. The lowest BCUT2D eigenvalue weighted by Gasteiger charge is -2.19. The van der Waals surface area contributed by atoms with Gasteiger partial charge in [-0.1, -0.05) is 11.8 Å². The van der Waals surface area contributed by atoms with E-state index in [1.165, 1.54) is 18.1 Å². The van der Waals surface area contributed by atoms with Crippen LogP contribution in [0, 0.1) is 0 Å². The minimum Gasteiger partial charge on any atom is -0.486 e. The highest BCUT2D eigenvalue weighted by atomic mass is 32.2. The first-order valence-electron chi connectivity index (χ1n) is 7.48. The summed E-state index contributed by atoms with van der Waals surface area (Å²) < 4.78 is 11.0. The van der Waals surface area contributed by atoms with E-state index in [9.17, 15) is 4.79 Å². The van der Waals surface area contributed by atoms with E-state index in [1.54, 1.807) is 18.2 Å². The molecule has 0 aliphatic carbocycles. The topological polar surface area (TPSA) is 128 Å². The zero-order valence-electron chi connectivity index (χ0n) is 13.0. The van der Waals surface area contributed by atoms with Crippen LogP contribution < -0.4 is 20.5 Å². The highest BCUT2D eigenvalue weighted by Gasteiger charge is 2.14. The first-order chi connectivity index (χ1) is 12.2. The number of rotatable bonds is 4. The number of nitrogen functional groups attached to an aromatic ring is 1. The first-order valence-corrected chi connectivity index (χ1v) is 8.46. The maximum Gasteiger partial charge on any atom is 0.234 e. The van der Waals surface area contributed by atoms with E-state index in [2.05, 4.69) is 25.3 Å². The smallest absolute Gasteiger partial charge is 0.234 e. The molecular formula is C15H14N6O3S. The van der Waals surface area contributed by atoms with E-state index in [0.29, 0.717) is 46.6 Å².